The number of rotatable bonds is 59. The monoisotopic (exact) mass is 1140 g/mol. The van der Waals surface area contributed by atoms with Crippen molar-refractivity contribution in [3.63, 3.8) is 0 Å². The third-order valence-electron chi connectivity index (χ3n) is 15.9. The van der Waals surface area contributed by atoms with Gasteiger partial charge in [-0.2, -0.15) is 8.42 Å². The molecule has 1 amide bonds. The van der Waals surface area contributed by atoms with E-state index in [0.717, 1.165) is 44.9 Å². The maximum absolute atomic E-state index is 13.2. The van der Waals surface area contributed by atoms with Crippen LogP contribution in [0.5, 0.6) is 0 Å². The van der Waals surface area contributed by atoms with Crippen LogP contribution < -0.4 is 5.32 Å². The number of nitrogens with one attached hydrogen (secondary N) is 1. The quantitative estimate of drug-likeness (QED) is 0.0193. The summed E-state index contributed by atoms with van der Waals surface area (Å²) in [6.07, 6.45) is 63.7. The van der Waals surface area contributed by atoms with E-state index in [2.05, 4.69) is 47.7 Å². The molecule has 466 valence electrons. The molecule has 79 heavy (non-hydrogen) atoms. The number of aliphatic hydroxyl groups is 4. The van der Waals surface area contributed by atoms with E-state index >= 15 is 0 Å². The SMILES string of the molecule is CCCCCCCCCCCCCCC/C=C\C/C=C\CCCCCCCCCCCCCCCCCCCC(=O)NC(COC1OC(CO)C(O)C(OS(=O)(=O)O)C1O)C(O)/C=C/CCCCCCCCCCCCCCC. The van der Waals surface area contributed by atoms with E-state index in [1.807, 2.05) is 6.08 Å². The number of allylic oxidation sites excluding steroid dienone is 5. The van der Waals surface area contributed by atoms with E-state index in [1.165, 1.54) is 250 Å². The number of carbonyl (C=O) groups excluding carboxylic acids is 1. The van der Waals surface area contributed by atoms with E-state index in [0.29, 0.717) is 6.42 Å². The summed E-state index contributed by atoms with van der Waals surface area (Å²) in [5.41, 5.74) is 0. The molecule has 1 fully saturated rings. The molecule has 1 aliphatic heterocycles. The second kappa shape index (κ2) is 55.5. The Kier molecular flexibility index (Phi) is 52.9. The van der Waals surface area contributed by atoms with Crippen LogP contribution in [-0.2, 0) is 28.9 Å². The lowest BCUT2D eigenvalue weighted by Crippen LogP contribution is -2.61. The molecule has 1 saturated heterocycles. The first kappa shape index (κ1) is 75.3. The zero-order valence-electron chi connectivity index (χ0n) is 51.0. The average Bonchev–Trinajstić information content (AvgIpc) is 3.45. The largest absolute Gasteiger partial charge is 0.397 e. The molecule has 0 aliphatic carbocycles. The molecular weight excluding hydrogens is 1010 g/mol. The standard InChI is InChI=1S/C66H125NO11S/c1-3-5-7-9-11-13-15-17-19-20-21-22-23-24-25-26-27-28-29-30-31-32-33-34-35-36-37-38-39-40-42-44-46-48-50-52-54-56-62(70)67-59(58-76-66-64(72)65(78-79(73,74)75)63(71)61(57-68)77-66)60(69)55-53-51-49-47-45-43-41-18-16-14-12-10-8-6-4-2/h25-26,28-29,53,55,59-61,63-66,68-69,71-72H,3-24,27,30-52,54,56-58H2,1-2H3,(H,67,70)(H,73,74,75)/b26-25-,29-28-,55-53+. The molecule has 1 heterocycles. The summed E-state index contributed by atoms with van der Waals surface area (Å²) in [4.78, 5) is 13.2. The highest BCUT2D eigenvalue weighted by molar-refractivity contribution is 7.80. The van der Waals surface area contributed by atoms with Crippen LogP contribution in [0.1, 0.15) is 322 Å². The lowest BCUT2D eigenvalue weighted by atomic mass is 9.99. The van der Waals surface area contributed by atoms with Crippen LogP contribution in [0.15, 0.2) is 36.5 Å². The van der Waals surface area contributed by atoms with Gasteiger partial charge in [0, 0.05) is 6.42 Å². The van der Waals surface area contributed by atoms with Gasteiger partial charge < -0.3 is 35.2 Å². The van der Waals surface area contributed by atoms with E-state index in [9.17, 15) is 38.2 Å². The number of unbranched alkanes of at least 4 members (excludes halogenated alkanes) is 43. The third kappa shape index (κ3) is 47.4. The summed E-state index contributed by atoms with van der Waals surface area (Å²) >= 11 is 0. The highest BCUT2D eigenvalue weighted by Crippen LogP contribution is 2.26. The van der Waals surface area contributed by atoms with Crippen molar-refractivity contribution in [1.82, 2.24) is 5.32 Å². The summed E-state index contributed by atoms with van der Waals surface area (Å²) in [5, 5.41) is 45.0. The molecule has 1 rings (SSSR count). The number of aliphatic hydroxyl groups excluding tert-OH is 4. The van der Waals surface area contributed by atoms with E-state index < -0.39 is 59.9 Å². The molecule has 0 radical (unpaired) electrons. The fourth-order valence-electron chi connectivity index (χ4n) is 10.8. The Balaban J connectivity index is 2.18. The van der Waals surface area contributed by atoms with Gasteiger partial charge in [0.1, 0.15) is 24.4 Å². The molecule has 0 saturated carbocycles. The van der Waals surface area contributed by atoms with Crippen LogP contribution in [0.4, 0.5) is 0 Å². The molecule has 0 aromatic carbocycles. The second-order valence-electron chi connectivity index (χ2n) is 23.4. The molecule has 0 aromatic rings. The van der Waals surface area contributed by atoms with Crippen molar-refractivity contribution in [2.75, 3.05) is 13.2 Å². The highest BCUT2D eigenvalue weighted by atomic mass is 32.3. The third-order valence-corrected chi connectivity index (χ3v) is 16.4. The predicted molar refractivity (Wildman–Crippen MR) is 328 cm³/mol. The summed E-state index contributed by atoms with van der Waals surface area (Å²) in [5.74, 6) is -0.258. The van der Waals surface area contributed by atoms with Gasteiger partial charge in [-0.3, -0.25) is 9.35 Å². The Morgan fingerprint density at radius 3 is 1.20 bits per heavy atom. The van der Waals surface area contributed by atoms with Crippen LogP contribution in [-0.4, -0.2) is 95.4 Å². The molecule has 7 unspecified atom stereocenters. The van der Waals surface area contributed by atoms with Crippen LogP contribution >= 0.6 is 0 Å². The molecule has 7 atom stereocenters. The molecule has 1 aliphatic rings. The van der Waals surface area contributed by atoms with Crippen molar-refractivity contribution < 1.29 is 51.8 Å². The van der Waals surface area contributed by atoms with Crippen molar-refractivity contribution in [3.05, 3.63) is 36.5 Å². The first-order valence-corrected chi connectivity index (χ1v) is 34.7. The van der Waals surface area contributed by atoms with Crippen molar-refractivity contribution >= 4 is 16.3 Å². The highest BCUT2D eigenvalue weighted by Gasteiger charge is 2.48. The van der Waals surface area contributed by atoms with Crippen molar-refractivity contribution in [3.8, 4) is 0 Å². The lowest BCUT2D eigenvalue weighted by Gasteiger charge is -2.41. The minimum Gasteiger partial charge on any atom is -0.394 e. The molecule has 12 nitrogen and oxygen atoms in total. The summed E-state index contributed by atoms with van der Waals surface area (Å²) in [7, 11) is -5.09. The normalized spacial score (nSPS) is 18.9. The van der Waals surface area contributed by atoms with Gasteiger partial charge in [-0.15, -0.1) is 0 Å². The molecule has 0 bridgehead atoms. The zero-order valence-corrected chi connectivity index (χ0v) is 51.8. The molecule has 0 spiro atoms. The maximum Gasteiger partial charge on any atom is 0.397 e. The molecular formula is C66H125NO11S. The number of amides is 1. The number of ether oxygens (including phenoxy) is 2. The number of hydrogen-bond acceptors (Lipinski definition) is 10. The van der Waals surface area contributed by atoms with E-state index in [1.54, 1.807) is 6.08 Å². The van der Waals surface area contributed by atoms with Gasteiger partial charge in [0.25, 0.3) is 0 Å². The smallest absolute Gasteiger partial charge is 0.394 e. The van der Waals surface area contributed by atoms with Crippen LogP contribution in [0.3, 0.4) is 0 Å². The van der Waals surface area contributed by atoms with Crippen LogP contribution in [0.2, 0.25) is 0 Å². The van der Waals surface area contributed by atoms with Crippen LogP contribution in [0.25, 0.3) is 0 Å². The second-order valence-corrected chi connectivity index (χ2v) is 24.5. The van der Waals surface area contributed by atoms with Crippen molar-refractivity contribution in [1.29, 1.82) is 0 Å². The lowest BCUT2D eigenvalue weighted by molar-refractivity contribution is -0.298. The molecule has 6 N–H and O–H groups in total. The van der Waals surface area contributed by atoms with E-state index in [-0.39, 0.29) is 18.9 Å². The topological polar surface area (TPSA) is 192 Å². The summed E-state index contributed by atoms with van der Waals surface area (Å²) in [6, 6.07) is -0.944. The Bertz CT molecular complexity index is 1530. The Morgan fingerprint density at radius 1 is 0.506 bits per heavy atom. The van der Waals surface area contributed by atoms with Crippen molar-refractivity contribution in [2.45, 2.75) is 365 Å². The first-order chi connectivity index (χ1) is 38.5. The maximum atomic E-state index is 13.2. The predicted octanol–water partition coefficient (Wildman–Crippen LogP) is 16.9. The van der Waals surface area contributed by atoms with Gasteiger partial charge >= 0.3 is 10.4 Å². The van der Waals surface area contributed by atoms with Gasteiger partial charge in [-0.1, -0.05) is 301 Å². The Hall–Kier alpha value is -1.68. The first-order valence-electron chi connectivity index (χ1n) is 33.4. The van der Waals surface area contributed by atoms with Gasteiger partial charge in [-0.05, 0) is 51.4 Å². The fraction of sp³-hybridized carbons (Fsp3) is 0.894. The number of hydrogen-bond donors (Lipinski definition) is 6. The van der Waals surface area contributed by atoms with Crippen LogP contribution in [0, 0.1) is 0 Å². The molecule has 0 aromatic heterocycles. The van der Waals surface area contributed by atoms with Gasteiger partial charge in [0.2, 0.25) is 5.91 Å². The van der Waals surface area contributed by atoms with Gasteiger partial charge in [0.05, 0.1) is 25.4 Å². The van der Waals surface area contributed by atoms with Crippen molar-refractivity contribution in [2.24, 2.45) is 0 Å². The van der Waals surface area contributed by atoms with Gasteiger partial charge in [0.15, 0.2) is 6.29 Å². The Labute approximate surface area is 485 Å². The zero-order chi connectivity index (χ0) is 57.5. The Morgan fingerprint density at radius 2 is 0.848 bits per heavy atom. The minimum atomic E-state index is -5.09. The minimum absolute atomic E-state index is 0.258. The fourth-order valence-corrected chi connectivity index (χ4v) is 11.3. The van der Waals surface area contributed by atoms with E-state index in [4.69, 9.17) is 9.47 Å². The summed E-state index contributed by atoms with van der Waals surface area (Å²) in [6.45, 7) is 3.43. The number of carbonyl (C=O) groups is 1. The van der Waals surface area contributed by atoms with Gasteiger partial charge in [-0.25, -0.2) is 4.18 Å². The molecule has 13 heteroatoms. The average molecular weight is 1140 g/mol. The summed E-state index contributed by atoms with van der Waals surface area (Å²) < 4.78 is 47.9.